The fraction of sp³-hybridized carbons (Fsp3) is 0.538. The average Bonchev–Trinajstić information content (AvgIpc) is 2.48. The first kappa shape index (κ1) is 16.7. The molecule has 0 aliphatic heterocycles. The number of carbonyl (C=O) groups excluding carboxylic acids is 1. The van der Waals surface area contributed by atoms with Gasteiger partial charge in [0.05, 0.1) is 6.54 Å². The van der Waals surface area contributed by atoms with Gasteiger partial charge in [-0.3, -0.25) is 18.7 Å². The Labute approximate surface area is 122 Å². The molecule has 8 nitrogen and oxygen atoms in total. The molecule has 0 aliphatic carbocycles. The van der Waals surface area contributed by atoms with Crippen LogP contribution in [0.25, 0.3) is 0 Å². The first-order chi connectivity index (χ1) is 9.97. The van der Waals surface area contributed by atoms with Crippen LogP contribution in [0.5, 0.6) is 0 Å². The number of aliphatic imine (C=N–C) groups is 1. The van der Waals surface area contributed by atoms with Gasteiger partial charge in [-0.15, -0.1) is 0 Å². The van der Waals surface area contributed by atoms with Gasteiger partial charge in [-0.2, -0.15) is 0 Å². The lowest BCUT2D eigenvalue weighted by Crippen LogP contribution is -2.41. The van der Waals surface area contributed by atoms with E-state index >= 15 is 0 Å². The molecule has 0 aliphatic rings. The average molecular weight is 296 g/mol. The minimum atomic E-state index is -0.507. The van der Waals surface area contributed by atoms with E-state index in [1.54, 1.807) is 20.9 Å². The van der Waals surface area contributed by atoms with Gasteiger partial charge in [0.25, 0.3) is 5.56 Å². The Hall–Kier alpha value is -2.38. The molecular weight excluding hydrogens is 276 g/mol. The maximum absolute atomic E-state index is 12.3. The second-order valence-electron chi connectivity index (χ2n) is 4.21. The van der Waals surface area contributed by atoms with Crippen LogP contribution in [0, 0.1) is 0 Å². The van der Waals surface area contributed by atoms with Crippen molar-refractivity contribution in [2.24, 2.45) is 12.0 Å². The predicted octanol–water partition coefficient (Wildman–Crippen LogP) is 0.264. The van der Waals surface area contributed by atoms with Gasteiger partial charge < -0.3 is 10.1 Å². The quantitative estimate of drug-likeness (QED) is 0.600. The highest BCUT2D eigenvalue weighted by Crippen LogP contribution is 2.16. The molecule has 1 N–H and O–H groups in total. The molecule has 0 aromatic carbocycles. The third-order valence-electron chi connectivity index (χ3n) is 2.89. The topological polar surface area (TPSA) is 94.7 Å². The van der Waals surface area contributed by atoms with Crippen molar-refractivity contribution in [2.75, 3.05) is 19.0 Å². The largest absolute Gasteiger partial charge is 0.464 e. The summed E-state index contributed by atoms with van der Waals surface area (Å²) in [4.78, 5) is 39.6. The fourth-order valence-electron chi connectivity index (χ4n) is 1.80. The van der Waals surface area contributed by atoms with Crippen LogP contribution in [0.15, 0.2) is 14.6 Å². The number of ether oxygens (including phenoxy) is 1. The van der Waals surface area contributed by atoms with Crippen molar-refractivity contribution in [3.05, 3.63) is 20.8 Å². The standard InChI is InChI=1S/C13H20N4O4/c1-5-9(18)21-8-7-17-12(19)10(14-3)11(15-6-2)16(4)13(17)20/h6,14H,5,7-8H2,1-4H3/b15-6-. The second kappa shape index (κ2) is 7.41. The van der Waals surface area contributed by atoms with Gasteiger partial charge in [0.15, 0.2) is 5.82 Å². The highest BCUT2D eigenvalue weighted by atomic mass is 16.5. The third-order valence-corrected chi connectivity index (χ3v) is 2.89. The van der Waals surface area contributed by atoms with Crippen molar-refractivity contribution in [2.45, 2.75) is 26.8 Å². The molecular formula is C13H20N4O4. The summed E-state index contributed by atoms with van der Waals surface area (Å²) in [5.74, 6) is -0.113. The molecule has 0 amide bonds. The van der Waals surface area contributed by atoms with E-state index in [9.17, 15) is 14.4 Å². The van der Waals surface area contributed by atoms with Crippen LogP contribution in [0.2, 0.25) is 0 Å². The fourth-order valence-corrected chi connectivity index (χ4v) is 1.80. The van der Waals surface area contributed by atoms with E-state index < -0.39 is 11.2 Å². The first-order valence-electron chi connectivity index (χ1n) is 6.63. The zero-order chi connectivity index (χ0) is 16.0. The van der Waals surface area contributed by atoms with E-state index in [-0.39, 0.29) is 37.0 Å². The number of aromatic nitrogens is 2. The molecule has 21 heavy (non-hydrogen) atoms. The lowest BCUT2D eigenvalue weighted by Gasteiger charge is -2.13. The maximum atomic E-state index is 12.3. The predicted molar refractivity (Wildman–Crippen MR) is 80.6 cm³/mol. The van der Waals surface area contributed by atoms with Crippen molar-refractivity contribution in [1.82, 2.24) is 9.13 Å². The molecule has 0 spiro atoms. The molecule has 0 saturated heterocycles. The molecule has 1 aromatic rings. The molecule has 1 heterocycles. The first-order valence-corrected chi connectivity index (χ1v) is 6.63. The summed E-state index contributed by atoms with van der Waals surface area (Å²) >= 11 is 0. The summed E-state index contributed by atoms with van der Waals surface area (Å²) in [6, 6.07) is 0. The third kappa shape index (κ3) is 3.59. The minimum absolute atomic E-state index is 0.00203. The van der Waals surface area contributed by atoms with E-state index in [1.807, 2.05) is 0 Å². The molecule has 1 aromatic heterocycles. The van der Waals surface area contributed by atoms with E-state index in [4.69, 9.17) is 4.74 Å². The lowest BCUT2D eigenvalue weighted by atomic mass is 10.4. The number of hydrogen-bond acceptors (Lipinski definition) is 6. The summed E-state index contributed by atoms with van der Waals surface area (Å²) < 4.78 is 7.19. The van der Waals surface area contributed by atoms with Crippen LogP contribution in [0.1, 0.15) is 20.3 Å². The number of carbonyl (C=O) groups is 1. The van der Waals surface area contributed by atoms with Crippen LogP contribution in [-0.4, -0.2) is 35.0 Å². The van der Waals surface area contributed by atoms with Gasteiger partial charge in [-0.05, 0) is 6.92 Å². The van der Waals surface area contributed by atoms with Crippen molar-refractivity contribution >= 4 is 23.7 Å². The molecule has 116 valence electrons. The van der Waals surface area contributed by atoms with Crippen molar-refractivity contribution in [3.63, 3.8) is 0 Å². The molecule has 0 saturated carbocycles. The van der Waals surface area contributed by atoms with Crippen molar-refractivity contribution in [3.8, 4) is 0 Å². The van der Waals surface area contributed by atoms with Gasteiger partial charge in [0, 0.05) is 26.7 Å². The smallest absolute Gasteiger partial charge is 0.332 e. The summed E-state index contributed by atoms with van der Waals surface area (Å²) in [5, 5.41) is 2.75. The number of rotatable bonds is 6. The molecule has 0 atom stereocenters. The van der Waals surface area contributed by atoms with E-state index in [2.05, 4.69) is 10.3 Å². The second-order valence-corrected chi connectivity index (χ2v) is 4.21. The van der Waals surface area contributed by atoms with Gasteiger partial charge in [-0.25, -0.2) is 9.79 Å². The number of nitrogens with zero attached hydrogens (tertiary/aromatic N) is 3. The lowest BCUT2D eigenvalue weighted by molar-refractivity contribution is -0.143. The van der Waals surface area contributed by atoms with Gasteiger partial charge in [0.2, 0.25) is 0 Å². The normalized spacial score (nSPS) is 10.9. The Morgan fingerprint density at radius 1 is 1.43 bits per heavy atom. The van der Waals surface area contributed by atoms with Crippen molar-refractivity contribution in [1.29, 1.82) is 0 Å². The molecule has 1 rings (SSSR count). The number of esters is 1. The Morgan fingerprint density at radius 2 is 2.10 bits per heavy atom. The Morgan fingerprint density at radius 3 is 2.62 bits per heavy atom. The Bertz CT molecular complexity index is 657. The van der Waals surface area contributed by atoms with Crippen LogP contribution in [0.3, 0.4) is 0 Å². The summed E-state index contributed by atoms with van der Waals surface area (Å²) in [5.41, 5.74) is -0.780. The van der Waals surface area contributed by atoms with Gasteiger partial charge >= 0.3 is 11.7 Å². The SMILES string of the molecule is C/C=N\c1c(NC)c(=O)n(CCOC(=O)CC)c(=O)n1C. The molecule has 0 unspecified atom stereocenters. The van der Waals surface area contributed by atoms with Crippen molar-refractivity contribution < 1.29 is 9.53 Å². The van der Waals surface area contributed by atoms with Crippen LogP contribution < -0.4 is 16.6 Å². The number of nitrogens with one attached hydrogen (secondary N) is 1. The Balaban J connectivity index is 3.23. The minimum Gasteiger partial charge on any atom is -0.464 e. The van der Waals surface area contributed by atoms with Gasteiger partial charge in [-0.1, -0.05) is 6.92 Å². The summed E-state index contributed by atoms with van der Waals surface area (Å²) in [7, 11) is 3.11. The van der Waals surface area contributed by atoms with Crippen LogP contribution >= 0.6 is 0 Å². The van der Waals surface area contributed by atoms with Crippen LogP contribution in [-0.2, 0) is 23.1 Å². The monoisotopic (exact) mass is 296 g/mol. The van der Waals surface area contributed by atoms with E-state index in [1.165, 1.54) is 17.8 Å². The zero-order valence-corrected chi connectivity index (χ0v) is 12.7. The highest BCUT2D eigenvalue weighted by Gasteiger charge is 2.15. The van der Waals surface area contributed by atoms with E-state index in [0.29, 0.717) is 0 Å². The maximum Gasteiger partial charge on any atom is 0.332 e. The molecule has 8 heteroatoms. The highest BCUT2D eigenvalue weighted by molar-refractivity contribution is 5.69. The zero-order valence-electron chi connectivity index (χ0n) is 12.7. The summed E-state index contributed by atoms with van der Waals surface area (Å²) in [6.45, 7) is 3.34. The summed E-state index contributed by atoms with van der Waals surface area (Å²) in [6.07, 6.45) is 1.75. The van der Waals surface area contributed by atoms with E-state index in [0.717, 1.165) is 4.57 Å². The number of hydrogen-bond donors (Lipinski definition) is 1. The van der Waals surface area contributed by atoms with Crippen LogP contribution in [0.4, 0.5) is 11.5 Å². The number of anilines is 1. The Kier molecular flexibility index (Phi) is 5.89. The molecule has 0 radical (unpaired) electrons. The van der Waals surface area contributed by atoms with Gasteiger partial charge in [0.1, 0.15) is 12.3 Å². The molecule has 0 fully saturated rings. The molecule has 0 bridgehead atoms.